The predicted molar refractivity (Wildman–Crippen MR) is 291 cm³/mol. The molecule has 6 aliphatic rings. The molecule has 0 aliphatic carbocycles. The summed E-state index contributed by atoms with van der Waals surface area (Å²) >= 11 is 0. The van der Waals surface area contributed by atoms with E-state index in [-0.39, 0.29) is 87.4 Å². The number of nitrogens with zero attached hydrogens (tertiary/aromatic N) is 8. The molecule has 10 rings (SSSR count). The van der Waals surface area contributed by atoms with E-state index in [0.717, 1.165) is 40.9 Å². The van der Waals surface area contributed by atoms with E-state index < -0.39 is 17.7 Å². The highest BCUT2D eigenvalue weighted by Crippen LogP contribution is 2.41. The Morgan fingerprint density at radius 3 is 1.28 bits per heavy atom. The van der Waals surface area contributed by atoms with Gasteiger partial charge in [-0.3, -0.25) is 53.0 Å². The molecule has 2 saturated heterocycles. The van der Waals surface area contributed by atoms with Crippen LogP contribution in [0.3, 0.4) is 0 Å². The minimum Gasteiger partial charge on any atom is -0.482 e. The Kier molecular flexibility index (Phi) is 14.9. The van der Waals surface area contributed by atoms with Gasteiger partial charge in [-0.1, -0.05) is 62.7 Å². The summed E-state index contributed by atoms with van der Waals surface area (Å²) in [6.45, 7) is 20.8. The summed E-state index contributed by atoms with van der Waals surface area (Å²) in [5.41, 5.74) is 6.40. The van der Waals surface area contributed by atoms with E-state index >= 15 is 0 Å². The first-order valence-corrected chi connectivity index (χ1v) is 25.1. The molecule has 0 spiro atoms. The SMILES string of the molecule is C=C(NC(=O)C(=C)N1Cc2c(cccc2-c2ccc3c(c2)N(C)C(=O)CO3)C1=O)C(=O)N1CCN(C(C)=O)CC1.C=C(NC(=O)C(=C)N1Cc2c(cccc2-c2ccc3c(c2)N(C)C(=O)CO3)C1=O)C(=O)N1CCN(C)CC1.[HH].[HH]. The van der Waals surface area contributed by atoms with Crippen molar-refractivity contribution in [2.75, 3.05) is 96.5 Å². The van der Waals surface area contributed by atoms with Crippen LogP contribution >= 0.6 is 0 Å². The van der Waals surface area contributed by atoms with E-state index in [9.17, 15) is 43.2 Å². The van der Waals surface area contributed by atoms with Gasteiger partial charge in [-0.05, 0) is 76.8 Å². The number of rotatable bonds is 10. The maximum Gasteiger partial charge on any atom is 0.271 e. The predicted octanol–water partition coefficient (Wildman–Crippen LogP) is 3.57. The smallest absolute Gasteiger partial charge is 0.271 e. The topological polar surface area (TPSA) is 222 Å². The second-order valence-electron chi connectivity index (χ2n) is 19.4. The standard InChI is InChI=1S/C29H29N5O6.C28H29N5O5.2H2/c1-17(28(38)33-12-10-32(11-13-33)19(3)35)30-27(37)18(2)34-15-23-21(6-5-7-22(23)29(34)39)20-8-9-25-24(14-20)31(4)26(36)16-40-25;1-17(27(36)32-12-10-30(3)11-13-32)29-26(35)18(2)33-15-22-20(6-5-7-21(22)28(33)37)19-8-9-24-23(14-19)31(4)25(34)16-38-24;;/h5-9,14H,1-2,10-13,15-16H2,3-4H3,(H,30,37);5-9,14H,1-2,10-13,15-16H2,3-4H3,(H,29,35);2*1H. The summed E-state index contributed by atoms with van der Waals surface area (Å²) in [4.78, 5) is 126. The van der Waals surface area contributed by atoms with Crippen molar-refractivity contribution >= 4 is 64.5 Å². The monoisotopic (exact) mass is 1060 g/mol. The van der Waals surface area contributed by atoms with Gasteiger partial charge in [0.25, 0.3) is 47.3 Å². The summed E-state index contributed by atoms with van der Waals surface area (Å²) in [7, 11) is 5.36. The van der Waals surface area contributed by atoms with Crippen molar-refractivity contribution in [1.82, 2.24) is 40.0 Å². The Labute approximate surface area is 453 Å². The number of hydrogen-bond donors (Lipinski definition) is 2. The molecule has 0 saturated carbocycles. The molecule has 6 aliphatic heterocycles. The Hall–Kier alpha value is -9.37. The lowest BCUT2D eigenvalue weighted by Crippen LogP contribution is -2.51. The molecule has 9 amide bonds. The van der Waals surface area contributed by atoms with Crippen LogP contribution in [0.4, 0.5) is 11.4 Å². The molecule has 4 aromatic carbocycles. The normalized spacial score (nSPS) is 16.6. The number of piperazine rings is 2. The van der Waals surface area contributed by atoms with Crippen LogP contribution < -0.4 is 29.9 Å². The second kappa shape index (κ2) is 21.7. The van der Waals surface area contributed by atoms with Crippen LogP contribution in [0.5, 0.6) is 11.5 Å². The summed E-state index contributed by atoms with van der Waals surface area (Å²) in [5.74, 6) is -2.09. The number of likely N-dealkylation sites (N-methyl/N-ethyl adjacent to an activating group) is 3. The molecule has 78 heavy (non-hydrogen) atoms. The molecular formula is C57H62N10O11. The lowest BCUT2D eigenvalue weighted by Gasteiger charge is -2.34. The van der Waals surface area contributed by atoms with Gasteiger partial charge in [-0.15, -0.1) is 0 Å². The first kappa shape index (κ1) is 53.5. The number of ether oxygens (including phenoxy) is 2. The maximum absolute atomic E-state index is 13.3. The molecule has 0 atom stereocenters. The van der Waals surface area contributed by atoms with Crippen LogP contribution in [0.2, 0.25) is 0 Å². The molecule has 0 unspecified atom stereocenters. The summed E-state index contributed by atoms with van der Waals surface area (Å²) in [6.07, 6.45) is 0. The van der Waals surface area contributed by atoms with Crippen molar-refractivity contribution in [2.24, 2.45) is 0 Å². The number of nitrogens with one attached hydrogen (secondary N) is 2. The van der Waals surface area contributed by atoms with Crippen LogP contribution in [0.15, 0.2) is 122 Å². The minimum absolute atomic E-state index is 0. The summed E-state index contributed by atoms with van der Waals surface area (Å²) in [6, 6.07) is 21.7. The van der Waals surface area contributed by atoms with Crippen molar-refractivity contribution in [3.8, 4) is 33.8 Å². The van der Waals surface area contributed by atoms with Gasteiger partial charge in [0.05, 0.1) is 35.9 Å². The van der Waals surface area contributed by atoms with E-state index in [2.05, 4.69) is 41.8 Å². The minimum atomic E-state index is -0.713. The molecule has 21 heteroatoms. The van der Waals surface area contributed by atoms with Gasteiger partial charge >= 0.3 is 0 Å². The fourth-order valence-electron chi connectivity index (χ4n) is 9.91. The molecule has 2 N–H and O–H groups in total. The first-order valence-electron chi connectivity index (χ1n) is 25.1. The van der Waals surface area contributed by atoms with Gasteiger partial charge in [0.2, 0.25) is 5.91 Å². The van der Waals surface area contributed by atoms with Crippen LogP contribution in [0, 0.1) is 0 Å². The molecule has 406 valence electrons. The number of benzene rings is 4. The summed E-state index contributed by atoms with van der Waals surface area (Å²) < 4.78 is 11.1. The fraction of sp³-hybridized carbons (Fsp3) is 0.281. The molecule has 4 aromatic rings. The quantitative estimate of drug-likeness (QED) is 0.218. The van der Waals surface area contributed by atoms with Gasteiger partial charge in [0, 0.05) is 87.4 Å². The lowest BCUT2D eigenvalue weighted by atomic mass is 9.96. The van der Waals surface area contributed by atoms with E-state index in [1.807, 2.05) is 43.4 Å². The number of carbonyl (C=O) groups excluding carboxylic acids is 9. The molecule has 2 fully saturated rings. The van der Waals surface area contributed by atoms with E-state index in [0.29, 0.717) is 78.8 Å². The summed E-state index contributed by atoms with van der Waals surface area (Å²) in [5, 5.41) is 4.99. The fourth-order valence-corrected chi connectivity index (χ4v) is 9.91. The van der Waals surface area contributed by atoms with Crippen LogP contribution in [-0.2, 0) is 46.7 Å². The zero-order valence-corrected chi connectivity index (χ0v) is 43.8. The number of amides is 9. The lowest BCUT2D eigenvalue weighted by molar-refractivity contribution is -0.136. The highest BCUT2D eigenvalue weighted by atomic mass is 16.5. The molecular weight excluding hydrogens is 1000 g/mol. The third-order valence-corrected chi connectivity index (χ3v) is 14.7. The van der Waals surface area contributed by atoms with Gasteiger partial charge < -0.3 is 49.5 Å². The van der Waals surface area contributed by atoms with Gasteiger partial charge in [-0.2, -0.15) is 0 Å². The van der Waals surface area contributed by atoms with Crippen molar-refractivity contribution < 1.29 is 55.5 Å². The maximum atomic E-state index is 13.3. The number of anilines is 2. The van der Waals surface area contributed by atoms with Crippen molar-refractivity contribution in [3.05, 3.63) is 144 Å². The highest BCUT2D eigenvalue weighted by molar-refractivity contribution is 6.10. The highest BCUT2D eigenvalue weighted by Gasteiger charge is 2.37. The van der Waals surface area contributed by atoms with Gasteiger partial charge in [-0.25, -0.2) is 0 Å². The Morgan fingerprint density at radius 2 is 0.885 bits per heavy atom. The largest absolute Gasteiger partial charge is 0.482 e. The van der Waals surface area contributed by atoms with E-state index in [1.165, 1.54) is 26.5 Å². The average Bonchev–Trinajstić information content (AvgIpc) is 4.17. The molecule has 21 nitrogen and oxygen atoms in total. The van der Waals surface area contributed by atoms with E-state index in [1.54, 1.807) is 65.2 Å². The van der Waals surface area contributed by atoms with Gasteiger partial charge in [0.1, 0.15) is 22.9 Å². The van der Waals surface area contributed by atoms with E-state index in [4.69, 9.17) is 9.47 Å². The number of fused-ring (bicyclic) bond motifs is 4. The van der Waals surface area contributed by atoms with Crippen molar-refractivity contribution in [1.29, 1.82) is 0 Å². The van der Waals surface area contributed by atoms with Crippen molar-refractivity contribution in [2.45, 2.75) is 20.0 Å². The Balaban J connectivity index is 0.000000226. The Morgan fingerprint density at radius 1 is 0.513 bits per heavy atom. The van der Waals surface area contributed by atoms with Crippen molar-refractivity contribution in [3.63, 3.8) is 0 Å². The van der Waals surface area contributed by atoms with Crippen LogP contribution in [0.25, 0.3) is 22.3 Å². The zero-order chi connectivity index (χ0) is 55.9. The first-order chi connectivity index (χ1) is 37.2. The average molecular weight is 1060 g/mol. The molecule has 0 aromatic heterocycles. The zero-order valence-electron chi connectivity index (χ0n) is 43.8. The second-order valence-corrected chi connectivity index (χ2v) is 19.4. The number of hydrogen-bond acceptors (Lipinski definition) is 12. The molecule has 0 bridgehead atoms. The molecule has 6 heterocycles. The van der Waals surface area contributed by atoms with Crippen LogP contribution in [-0.4, -0.2) is 169 Å². The third kappa shape index (κ3) is 10.3. The Bertz CT molecular complexity index is 3330. The number of carbonyl (C=O) groups is 9. The van der Waals surface area contributed by atoms with Gasteiger partial charge in [0.15, 0.2) is 13.2 Å². The van der Waals surface area contributed by atoms with Crippen LogP contribution in [0.1, 0.15) is 41.6 Å². The molecule has 0 radical (unpaired) electrons. The third-order valence-electron chi connectivity index (χ3n) is 14.7.